The fraction of sp³-hybridized carbons (Fsp3) is 0.667. The quantitative estimate of drug-likeness (QED) is 0.593. The Kier molecular flexibility index (Phi) is 6.99. The fourth-order valence-electron chi connectivity index (χ4n) is 1.13. The molecule has 5 nitrogen and oxygen atoms in total. The molecule has 17 heavy (non-hydrogen) atoms. The standard InChI is InChI=1S/C12H19NO4/c1-8(2)11(14)10(9(3)16-4)6-7-13-12(15)17-5/h8-10H,1-5H3,(H,13,15)/t9-,10?/m0/s1. The molecule has 0 aromatic rings. The highest BCUT2D eigenvalue weighted by Gasteiger charge is 2.25. The molecule has 0 aromatic heterocycles. The van der Waals surface area contributed by atoms with Crippen LogP contribution in [0.4, 0.5) is 4.79 Å². The van der Waals surface area contributed by atoms with Gasteiger partial charge in [-0.2, -0.15) is 0 Å². The minimum absolute atomic E-state index is 0.0153. The molecule has 1 amide bonds. The zero-order valence-corrected chi connectivity index (χ0v) is 10.9. The number of ketones is 1. The molecule has 0 saturated carbocycles. The molecule has 0 aliphatic rings. The van der Waals surface area contributed by atoms with Gasteiger partial charge >= 0.3 is 6.09 Å². The summed E-state index contributed by atoms with van der Waals surface area (Å²) in [6.07, 6.45) is -0.977. The van der Waals surface area contributed by atoms with E-state index in [4.69, 9.17) is 4.74 Å². The first-order valence-corrected chi connectivity index (χ1v) is 5.35. The predicted octanol–water partition coefficient (Wildman–Crippen LogP) is 1.18. The lowest BCUT2D eigenvalue weighted by molar-refractivity contribution is -0.127. The van der Waals surface area contributed by atoms with Gasteiger partial charge in [0, 0.05) is 19.1 Å². The first-order valence-electron chi connectivity index (χ1n) is 5.35. The van der Waals surface area contributed by atoms with Gasteiger partial charge < -0.3 is 9.47 Å². The van der Waals surface area contributed by atoms with Crippen molar-refractivity contribution in [3.8, 4) is 12.0 Å². The van der Waals surface area contributed by atoms with Crippen LogP contribution < -0.4 is 5.32 Å². The average molecular weight is 241 g/mol. The van der Waals surface area contributed by atoms with Crippen LogP contribution in [0, 0.1) is 23.8 Å². The molecule has 0 spiro atoms. The monoisotopic (exact) mass is 241 g/mol. The first-order chi connectivity index (χ1) is 7.93. The van der Waals surface area contributed by atoms with E-state index in [1.54, 1.807) is 20.8 Å². The van der Waals surface area contributed by atoms with E-state index in [1.807, 2.05) is 0 Å². The summed E-state index contributed by atoms with van der Waals surface area (Å²) in [4.78, 5) is 22.6. The normalized spacial score (nSPS) is 13.3. The summed E-state index contributed by atoms with van der Waals surface area (Å²) in [6.45, 7) is 5.36. The van der Waals surface area contributed by atoms with Crippen molar-refractivity contribution < 1.29 is 19.1 Å². The zero-order valence-electron chi connectivity index (χ0n) is 10.9. The number of hydrogen-bond acceptors (Lipinski definition) is 4. The lowest BCUT2D eigenvalue weighted by Crippen LogP contribution is -2.30. The summed E-state index contributed by atoms with van der Waals surface area (Å²) in [7, 11) is 2.76. The second-order valence-corrected chi connectivity index (χ2v) is 3.86. The third-order valence-electron chi connectivity index (χ3n) is 2.29. The van der Waals surface area contributed by atoms with Crippen molar-refractivity contribution in [1.29, 1.82) is 0 Å². The maximum atomic E-state index is 11.9. The summed E-state index contributed by atoms with van der Waals surface area (Å²) in [5, 5.41) is 2.21. The Morgan fingerprint density at radius 2 is 1.76 bits per heavy atom. The van der Waals surface area contributed by atoms with E-state index < -0.39 is 12.0 Å². The van der Waals surface area contributed by atoms with Crippen LogP contribution >= 0.6 is 0 Å². The van der Waals surface area contributed by atoms with E-state index in [0.717, 1.165) is 0 Å². The largest absolute Gasteiger partial charge is 0.452 e. The number of carbonyl (C=O) groups is 2. The number of rotatable bonds is 4. The number of ether oxygens (including phenoxy) is 2. The molecular weight excluding hydrogens is 222 g/mol. The molecule has 0 aliphatic carbocycles. The Morgan fingerprint density at radius 3 is 2.18 bits per heavy atom. The summed E-state index contributed by atoms with van der Waals surface area (Å²) in [5.74, 6) is 1.97. The molecule has 96 valence electrons. The van der Waals surface area contributed by atoms with Crippen LogP contribution in [0.3, 0.4) is 0 Å². The van der Waals surface area contributed by atoms with Gasteiger partial charge in [-0.05, 0) is 6.92 Å². The molecular formula is C12H19NO4. The van der Waals surface area contributed by atoms with Crippen molar-refractivity contribution in [3.63, 3.8) is 0 Å². The van der Waals surface area contributed by atoms with Gasteiger partial charge in [-0.25, -0.2) is 10.1 Å². The smallest absolute Gasteiger partial charge is 0.418 e. The number of methoxy groups -OCH3 is 2. The van der Waals surface area contributed by atoms with Gasteiger partial charge in [0.05, 0.1) is 13.2 Å². The number of amides is 1. The van der Waals surface area contributed by atoms with Crippen molar-refractivity contribution in [1.82, 2.24) is 5.32 Å². The molecule has 0 aliphatic heterocycles. The predicted molar refractivity (Wildman–Crippen MR) is 63.1 cm³/mol. The second kappa shape index (κ2) is 7.69. The summed E-state index contributed by atoms with van der Waals surface area (Å²) in [5.41, 5.74) is 0. The Bertz CT molecular complexity index is 327. The molecule has 0 heterocycles. The topological polar surface area (TPSA) is 64.6 Å². The molecule has 0 fully saturated rings. The number of carbonyl (C=O) groups excluding carboxylic acids is 2. The number of Topliss-reactive ketones (excluding diaryl/α,β-unsaturated/α-hetero) is 1. The van der Waals surface area contributed by atoms with E-state index in [-0.39, 0.29) is 17.8 Å². The number of hydrogen-bond donors (Lipinski definition) is 1. The van der Waals surface area contributed by atoms with E-state index in [2.05, 4.69) is 22.0 Å². The van der Waals surface area contributed by atoms with Crippen LogP contribution in [0.15, 0.2) is 0 Å². The van der Waals surface area contributed by atoms with Gasteiger partial charge in [0.15, 0.2) is 5.78 Å². The summed E-state index contributed by atoms with van der Waals surface area (Å²) in [6, 6.07) is 2.41. The van der Waals surface area contributed by atoms with Gasteiger partial charge in [-0.3, -0.25) is 4.79 Å². The van der Waals surface area contributed by atoms with Crippen molar-refractivity contribution in [2.24, 2.45) is 11.8 Å². The molecule has 0 saturated heterocycles. The highest BCUT2D eigenvalue weighted by molar-refractivity contribution is 5.86. The van der Waals surface area contributed by atoms with Crippen LogP contribution in [-0.2, 0) is 14.3 Å². The van der Waals surface area contributed by atoms with E-state index in [9.17, 15) is 9.59 Å². The maximum Gasteiger partial charge on any atom is 0.418 e. The molecule has 1 N–H and O–H groups in total. The van der Waals surface area contributed by atoms with Gasteiger partial charge in [-0.15, -0.1) is 0 Å². The Balaban J connectivity index is 4.71. The van der Waals surface area contributed by atoms with Gasteiger partial charge in [0.25, 0.3) is 0 Å². The Labute approximate surface area is 102 Å². The molecule has 5 heteroatoms. The molecule has 0 aromatic carbocycles. The van der Waals surface area contributed by atoms with Crippen molar-refractivity contribution in [3.05, 3.63) is 0 Å². The minimum Gasteiger partial charge on any atom is -0.452 e. The van der Waals surface area contributed by atoms with Crippen LogP contribution in [-0.4, -0.2) is 32.2 Å². The van der Waals surface area contributed by atoms with Gasteiger partial charge in [0.1, 0.15) is 5.92 Å². The van der Waals surface area contributed by atoms with Crippen LogP contribution in [0.5, 0.6) is 0 Å². The third-order valence-corrected chi connectivity index (χ3v) is 2.29. The first kappa shape index (κ1) is 15.5. The van der Waals surface area contributed by atoms with Gasteiger partial charge in [-0.1, -0.05) is 19.8 Å². The summed E-state index contributed by atoms with van der Waals surface area (Å²) < 4.78 is 9.46. The number of alkyl carbamates (subject to hydrolysis) is 1. The van der Waals surface area contributed by atoms with E-state index in [1.165, 1.54) is 14.2 Å². The van der Waals surface area contributed by atoms with Gasteiger partial charge in [0.2, 0.25) is 0 Å². The minimum atomic E-state index is -0.654. The molecule has 0 bridgehead atoms. The number of nitrogens with one attached hydrogen (secondary N) is 1. The van der Waals surface area contributed by atoms with E-state index in [0.29, 0.717) is 0 Å². The zero-order chi connectivity index (χ0) is 13.4. The molecule has 0 radical (unpaired) electrons. The second-order valence-electron chi connectivity index (χ2n) is 3.86. The highest BCUT2D eigenvalue weighted by atomic mass is 16.5. The van der Waals surface area contributed by atoms with Crippen LogP contribution in [0.2, 0.25) is 0 Å². The Hall–Kier alpha value is -1.54. The highest BCUT2D eigenvalue weighted by Crippen LogP contribution is 2.12. The van der Waals surface area contributed by atoms with E-state index >= 15 is 0 Å². The SMILES string of the molecule is COC(=O)NC#CC(C(=O)C(C)C)[C@H](C)OC. The lowest BCUT2D eigenvalue weighted by atomic mass is 9.92. The molecule has 0 rings (SSSR count). The molecule has 2 atom stereocenters. The lowest BCUT2D eigenvalue weighted by Gasteiger charge is -2.18. The van der Waals surface area contributed by atoms with Crippen LogP contribution in [0.25, 0.3) is 0 Å². The maximum absolute atomic E-state index is 11.9. The van der Waals surface area contributed by atoms with Crippen molar-refractivity contribution in [2.45, 2.75) is 26.9 Å². The van der Waals surface area contributed by atoms with Crippen molar-refractivity contribution in [2.75, 3.05) is 14.2 Å². The van der Waals surface area contributed by atoms with Crippen LogP contribution in [0.1, 0.15) is 20.8 Å². The third kappa shape index (κ3) is 5.36. The average Bonchev–Trinajstić information content (AvgIpc) is 2.32. The van der Waals surface area contributed by atoms with Crippen molar-refractivity contribution >= 4 is 11.9 Å². The fourth-order valence-corrected chi connectivity index (χ4v) is 1.13. The Morgan fingerprint density at radius 1 is 1.18 bits per heavy atom. The summed E-state index contributed by atoms with van der Waals surface area (Å²) >= 11 is 0. The molecule has 1 unspecified atom stereocenters.